The summed E-state index contributed by atoms with van der Waals surface area (Å²) >= 11 is 0. The van der Waals surface area contributed by atoms with Gasteiger partial charge in [-0.1, -0.05) is 6.92 Å². The predicted octanol–water partition coefficient (Wildman–Crippen LogP) is 0.916. The number of hydrogen-bond donors (Lipinski definition) is 2. The Hall–Kier alpha value is -0.610. The molecule has 4 nitrogen and oxygen atoms in total. The minimum atomic E-state index is -0.00139. The van der Waals surface area contributed by atoms with Crippen LogP contribution in [-0.2, 0) is 9.53 Å². The third-order valence-electron chi connectivity index (χ3n) is 3.01. The molecule has 0 aromatic heterocycles. The van der Waals surface area contributed by atoms with Gasteiger partial charge in [-0.2, -0.15) is 0 Å². The van der Waals surface area contributed by atoms with E-state index in [4.69, 9.17) is 4.74 Å². The Morgan fingerprint density at radius 1 is 1.56 bits per heavy atom. The van der Waals surface area contributed by atoms with Crippen molar-refractivity contribution in [3.63, 3.8) is 0 Å². The molecule has 1 saturated heterocycles. The van der Waals surface area contributed by atoms with Crippen LogP contribution in [0.4, 0.5) is 0 Å². The summed E-state index contributed by atoms with van der Waals surface area (Å²) in [6, 6.07) is 0.458. The van der Waals surface area contributed by atoms with Crippen molar-refractivity contribution in [2.24, 2.45) is 5.92 Å². The molecule has 1 rings (SSSR count). The number of piperidine rings is 1. The molecule has 4 heteroatoms. The third-order valence-corrected chi connectivity index (χ3v) is 3.01. The molecule has 3 unspecified atom stereocenters. The fraction of sp³-hybridized carbons (Fsp3) is 0.917. The van der Waals surface area contributed by atoms with Crippen LogP contribution in [0.1, 0.15) is 33.1 Å². The summed E-state index contributed by atoms with van der Waals surface area (Å²) in [7, 11) is 1.68. The van der Waals surface area contributed by atoms with Crippen LogP contribution >= 0.6 is 0 Å². The van der Waals surface area contributed by atoms with E-state index in [0.29, 0.717) is 25.1 Å². The Labute approximate surface area is 98.1 Å². The Bertz CT molecular complexity index is 221. The van der Waals surface area contributed by atoms with Crippen molar-refractivity contribution in [2.45, 2.75) is 45.2 Å². The molecule has 0 spiro atoms. The molecule has 1 fully saturated rings. The lowest BCUT2D eigenvalue weighted by Gasteiger charge is -2.28. The van der Waals surface area contributed by atoms with Gasteiger partial charge in [0.15, 0.2) is 0 Å². The van der Waals surface area contributed by atoms with Gasteiger partial charge < -0.3 is 15.4 Å². The van der Waals surface area contributed by atoms with E-state index in [0.717, 1.165) is 12.8 Å². The summed E-state index contributed by atoms with van der Waals surface area (Å²) < 4.78 is 5.03. The Morgan fingerprint density at radius 3 is 2.94 bits per heavy atom. The zero-order valence-electron chi connectivity index (χ0n) is 10.6. The highest BCUT2D eigenvalue weighted by Crippen LogP contribution is 2.12. The fourth-order valence-electron chi connectivity index (χ4n) is 2.09. The first-order valence-electron chi connectivity index (χ1n) is 6.16. The van der Waals surface area contributed by atoms with Crippen LogP contribution in [0.2, 0.25) is 0 Å². The fourth-order valence-corrected chi connectivity index (χ4v) is 2.09. The second-order valence-electron chi connectivity index (χ2n) is 4.86. The molecule has 3 atom stereocenters. The van der Waals surface area contributed by atoms with Crippen LogP contribution in [0.3, 0.4) is 0 Å². The number of nitrogens with one attached hydrogen (secondary N) is 2. The maximum Gasteiger partial charge on any atom is 0.237 e. The smallest absolute Gasteiger partial charge is 0.237 e. The topological polar surface area (TPSA) is 50.4 Å². The number of amides is 1. The highest BCUT2D eigenvalue weighted by atomic mass is 16.5. The Morgan fingerprint density at radius 2 is 2.31 bits per heavy atom. The first-order chi connectivity index (χ1) is 7.63. The zero-order valence-corrected chi connectivity index (χ0v) is 10.6. The van der Waals surface area contributed by atoms with E-state index in [9.17, 15) is 4.79 Å². The van der Waals surface area contributed by atoms with Gasteiger partial charge in [0.2, 0.25) is 5.91 Å². The summed E-state index contributed by atoms with van der Waals surface area (Å²) in [6.45, 7) is 5.59. The standard InChI is InChI=1S/C12H24N2O2/c1-9(8-16-3)7-13-12(15)11-6-4-5-10(2)14-11/h9-11,14H,4-8H2,1-3H3,(H,13,15). The Balaban J connectivity index is 2.23. The molecule has 1 aliphatic rings. The van der Waals surface area contributed by atoms with Crippen molar-refractivity contribution in [2.75, 3.05) is 20.3 Å². The van der Waals surface area contributed by atoms with Gasteiger partial charge in [-0.3, -0.25) is 4.79 Å². The average Bonchev–Trinajstić information content (AvgIpc) is 2.26. The van der Waals surface area contributed by atoms with E-state index in [1.807, 2.05) is 0 Å². The van der Waals surface area contributed by atoms with Gasteiger partial charge in [0, 0.05) is 19.7 Å². The Kier molecular flexibility index (Phi) is 5.77. The number of ether oxygens (including phenoxy) is 1. The van der Waals surface area contributed by atoms with E-state index in [1.165, 1.54) is 6.42 Å². The number of methoxy groups -OCH3 is 1. The minimum Gasteiger partial charge on any atom is -0.384 e. The molecule has 1 amide bonds. The van der Waals surface area contributed by atoms with Crippen molar-refractivity contribution in [3.8, 4) is 0 Å². The number of carbonyl (C=O) groups excluding carboxylic acids is 1. The molecule has 1 heterocycles. The summed E-state index contributed by atoms with van der Waals surface area (Å²) in [5.74, 6) is 0.504. The van der Waals surface area contributed by atoms with E-state index >= 15 is 0 Å². The maximum atomic E-state index is 11.8. The van der Waals surface area contributed by atoms with Crippen molar-refractivity contribution in [1.29, 1.82) is 0 Å². The molecule has 16 heavy (non-hydrogen) atoms. The second-order valence-corrected chi connectivity index (χ2v) is 4.86. The highest BCUT2D eigenvalue weighted by molar-refractivity contribution is 5.81. The van der Waals surface area contributed by atoms with Crippen molar-refractivity contribution < 1.29 is 9.53 Å². The molecule has 2 N–H and O–H groups in total. The highest BCUT2D eigenvalue weighted by Gasteiger charge is 2.23. The third kappa shape index (κ3) is 4.49. The van der Waals surface area contributed by atoms with Gasteiger partial charge in [-0.05, 0) is 32.1 Å². The number of rotatable bonds is 5. The lowest BCUT2D eigenvalue weighted by Crippen LogP contribution is -2.50. The molecule has 0 bridgehead atoms. The molecule has 0 aromatic carbocycles. The molecular formula is C12H24N2O2. The van der Waals surface area contributed by atoms with Gasteiger partial charge in [-0.15, -0.1) is 0 Å². The monoisotopic (exact) mass is 228 g/mol. The lowest BCUT2D eigenvalue weighted by molar-refractivity contribution is -0.124. The molecule has 1 aliphatic heterocycles. The van der Waals surface area contributed by atoms with E-state index in [1.54, 1.807) is 7.11 Å². The SMILES string of the molecule is COCC(C)CNC(=O)C1CCCC(C)N1. The summed E-state index contributed by atoms with van der Waals surface area (Å²) in [5, 5.41) is 6.30. The van der Waals surface area contributed by atoms with Crippen LogP contribution < -0.4 is 10.6 Å². The van der Waals surface area contributed by atoms with E-state index < -0.39 is 0 Å². The van der Waals surface area contributed by atoms with Gasteiger partial charge in [0.25, 0.3) is 0 Å². The quantitative estimate of drug-likeness (QED) is 0.735. The van der Waals surface area contributed by atoms with Crippen molar-refractivity contribution >= 4 is 5.91 Å². The lowest BCUT2D eigenvalue weighted by atomic mass is 9.99. The summed E-state index contributed by atoms with van der Waals surface area (Å²) in [4.78, 5) is 11.8. The summed E-state index contributed by atoms with van der Waals surface area (Å²) in [5.41, 5.74) is 0. The maximum absolute atomic E-state index is 11.8. The molecule has 0 radical (unpaired) electrons. The van der Waals surface area contributed by atoms with Gasteiger partial charge in [0.05, 0.1) is 12.6 Å². The van der Waals surface area contributed by atoms with Crippen molar-refractivity contribution in [3.05, 3.63) is 0 Å². The minimum absolute atomic E-state index is 0.00139. The molecule has 0 aromatic rings. The van der Waals surface area contributed by atoms with Crippen LogP contribution in [-0.4, -0.2) is 38.3 Å². The molecule has 0 aliphatic carbocycles. The van der Waals surface area contributed by atoms with Crippen LogP contribution in [0.25, 0.3) is 0 Å². The largest absolute Gasteiger partial charge is 0.384 e. The normalized spacial score (nSPS) is 27.4. The number of hydrogen-bond acceptors (Lipinski definition) is 3. The first-order valence-corrected chi connectivity index (χ1v) is 6.16. The second kappa shape index (κ2) is 6.86. The van der Waals surface area contributed by atoms with Crippen molar-refractivity contribution in [1.82, 2.24) is 10.6 Å². The first kappa shape index (κ1) is 13.5. The number of carbonyl (C=O) groups is 1. The van der Waals surface area contributed by atoms with Crippen LogP contribution in [0.5, 0.6) is 0 Å². The van der Waals surface area contributed by atoms with E-state index in [2.05, 4.69) is 24.5 Å². The van der Waals surface area contributed by atoms with Crippen LogP contribution in [0.15, 0.2) is 0 Å². The van der Waals surface area contributed by atoms with Gasteiger partial charge in [-0.25, -0.2) is 0 Å². The molecular weight excluding hydrogens is 204 g/mol. The zero-order chi connectivity index (χ0) is 12.0. The molecule has 0 saturated carbocycles. The predicted molar refractivity (Wildman–Crippen MR) is 64.3 cm³/mol. The van der Waals surface area contributed by atoms with Crippen LogP contribution in [0, 0.1) is 5.92 Å². The van der Waals surface area contributed by atoms with Gasteiger partial charge in [0.1, 0.15) is 0 Å². The summed E-state index contributed by atoms with van der Waals surface area (Å²) in [6.07, 6.45) is 3.26. The van der Waals surface area contributed by atoms with E-state index in [-0.39, 0.29) is 11.9 Å². The van der Waals surface area contributed by atoms with Gasteiger partial charge >= 0.3 is 0 Å². The molecule has 94 valence electrons. The average molecular weight is 228 g/mol.